The number of hydrogen-bond donors (Lipinski definition) is 0. The molecule has 0 rings (SSSR count). The van der Waals surface area contributed by atoms with Crippen LogP contribution in [0.25, 0.3) is 0 Å². The Balaban J connectivity index is 0. The van der Waals surface area contributed by atoms with E-state index in [1.165, 1.54) is 0 Å². The van der Waals surface area contributed by atoms with Crippen LogP contribution in [0.1, 0.15) is 0 Å². The molecular formula is H8Be2O2. The molecule has 0 fully saturated rings. The van der Waals surface area contributed by atoms with Crippen LogP contribution < -0.4 is 0 Å². The van der Waals surface area contributed by atoms with Crippen LogP contribution in [0.3, 0.4) is 0 Å². The van der Waals surface area contributed by atoms with Gasteiger partial charge in [-0.2, -0.15) is 0 Å². The van der Waals surface area contributed by atoms with Crippen LogP contribution in [0.15, 0.2) is 0 Å². The minimum atomic E-state index is 0. The molecule has 4 heteroatoms. The van der Waals surface area contributed by atoms with Gasteiger partial charge < -0.3 is 11.0 Å². The van der Waals surface area contributed by atoms with Gasteiger partial charge in [-0.05, 0) is 0 Å². The molecule has 0 spiro atoms. The Labute approximate surface area is 32.3 Å². The zero-order valence-corrected chi connectivity index (χ0v) is 1.00. The third kappa shape index (κ3) is 53.8. The Hall–Kier alpha value is 0.258. The van der Waals surface area contributed by atoms with Gasteiger partial charge in [-0.15, -0.1) is 0 Å². The van der Waals surface area contributed by atoms with E-state index in [-0.39, 0.29) is 31.2 Å². The molecule has 4 N–H and O–H groups in total. The molecule has 0 saturated heterocycles. The van der Waals surface area contributed by atoms with Crippen LogP contribution in [0.2, 0.25) is 0 Å². The maximum atomic E-state index is 0. The first-order valence-corrected chi connectivity index (χ1v) is 0. The number of rotatable bonds is 0. The van der Waals surface area contributed by atoms with Crippen LogP contribution in [0.5, 0.6) is 0 Å². The van der Waals surface area contributed by atoms with E-state index in [2.05, 4.69) is 0 Å². The van der Waals surface area contributed by atoms with Crippen molar-refractivity contribution in [2.75, 3.05) is 0 Å². The summed E-state index contributed by atoms with van der Waals surface area (Å²) in [5.74, 6) is 0. The van der Waals surface area contributed by atoms with Gasteiger partial charge in [0.15, 0.2) is 0 Å². The summed E-state index contributed by atoms with van der Waals surface area (Å²) in [5.41, 5.74) is 0. The molecule has 0 aromatic rings. The van der Waals surface area contributed by atoms with Gasteiger partial charge in [0, 0.05) is 0 Å². The summed E-state index contributed by atoms with van der Waals surface area (Å²) in [6.45, 7) is 0. The van der Waals surface area contributed by atoms with Crippen molar-refractivity contribution in [2.45, 2.75) is 0 Å². The Morgan fingerprint density at radius 2 is 0.500 bits per heavy atom. The Morgan fingerprint density at radius 1 is 0.500 bits per heavy atom. The van der Waals surface area contributed by atoms with Gasteiger partial charge in [0.2, 0.25) is 0 Å². The van der Waals surface area contributed by atoms with Crippen molar-refractivity contribution in [1.82, 2.24) is 0 Å². The standard InChI is InChI=1S/2Be.2H2O.4H/h;;2*1H2;;;;. The van der Waals surface area contributed by atoms with Crippen molar-refractivity contribution in [1.29, 1.82) is 0 Å². The first-order chi connectivity index (χ1) is 0. The zero-order chi connectivity index (χ0) is 0. The molecule has 0 aliphatic rings. The quantitative estimate of drug-likeness (QED) is 0.260. The normalized spacial score (nSPS) is 0. The van der Waals surface area contributed by atoms with Gasteiger partial charge in [-0.25, -0.2) is 0 Å². The van der Waals surface area contributed by atoms with Gasteiger partial charge >= 0.3 is 20.2 Å². The second-order valence-corrected chi connectivity index (χ2v) is 0. The average Bonchev–Trinajstić information content (AvgIpc) is 0. The molecule has 0 unspecified atom stereocenters. The van der Waals surface area contributed by atoms with Crippen molar-refractivity contribution < 1.29 is 11.0 Å². The minimum absolute atomic E-state index is 0. The second-order valence-electron chi connectivity index (χ2n) is 0. The number of hydrogen-bond acceptors (Lipinski definition) is 0. The fraction of sp³-hybridized carbons (Fsp3) is 0. The molecule has 0 saturated carbocycles. The Bertz CT molecular complexity index is 4.00. The van der Waals surface area contributed by atoms with E-state index in [1.807, 2.05) is 0 Å². The second kappa shape index (κ2) is 250. The van der Waals surface area contributed by atoms with E-state index >= 15 is 0 Å². The third-order valence-electron chi connectivity index (χ3n) is 0. The van der Waals surface area contributed by atoms with E-state index in [1.54, 1.807) is 0 Å². The van der Waals surface area contributed by atoms with Gasteiger partial charge in [-0.1, -0.05) is 0 Å². The van der Waals surface area contributed by atoms with Crippen LogP contribution in [-0.2, 0) is 0 Å². The molecule has 0 aromatic carbocycles. The van der Waals surface area contributed by atoms with Crippen LogP contribution in [0, 0.1) is 0 Å². The summed E-state index contributed by atoms with van der Waals surface area (Å²) in [4.78, 5) is 0. The van der Waals surface area contributed by atoms with Crippen molar-refractivity contribution in [3.63, 3.8) is 0 Å². The van der Waals surface area contributed by atoms with Crippen molar-refractivity contribution in [3.05, 3.63) is 0 Å². The molecule has 0 atom stereocenters. The molecule has 4 heavy (non-hydrogen) atoms. The predicted molar refractivity (Wildman–Crippen MR) is 24.3 cm³/mol. The Morgan fingerprint density at radius 3 is 0.500 bits per heavy atom. The van der Waals surface area contributed by atoms with Gasteiger partial charge in [0.25, 0.3) is 0 Å². The molecular weight excluding hydrogens is 50.0 g/mol. The van der Waals surface area contributed by atoms with Crippen LogP contribution in [0.4, 0.5) is 0 Å². The molecule has 0 aliphatic carbocycles. The molecule has 24 valence electrons. The summed E-state index contributed by atoms with van der Waals surface area (Å²) >= 11 is 0. The van der Waals surface area contributed by atoms with Gasteiger partial charge in [0.1, 0.15) is 0 Å². The van der Waals surface area contributed by atoms with E-state index in [9.17, 15) is 0 Å². The molecule has 2 nitrogen and oxygen atoms in total. The molecule has 0 aromatic heterocycles. The summed E-state index contributed by atoms with van der Waals surface area (Å²) in [6, 6.07) is 0. The van der Waals surface area contributed by atoms with Crippen molar-refractivity contribution in [3.8, 4) is 0 Å². The fourth-order valence-electron chi connectivity index (χ4n) is 0. The molecule has 0 bridgehead atoms. The summed E-state index contributed by atoms with van der Waals surface area (Å²) in [5, 5.41) is 0. The first-order valence-electron chi connectivity index (χ1n) is 0. The van der Waals surface area contributed by atoms with E-state index in [4.69, 9.17) is 0 Å². The van der Waals surface area contributed by atoms with E-state index in [0.717, 1.165) is 0 Å². The zero-order valence-electron chi connectivity index (χ0n) is 1.00. The van der Waals surface area contributed by atoms with Gasteiger partial charge in [-0.3, -0.25) is 0 Å². The van der Waals surface area contributed by atoms with Crippen molar-refractivity contribution >= 4 is 20.2 Å². The molecule has 0 heterocycles. The van der Waals surface area contributed by atoms with Crippen LogP contribution in [-0.4, -0.2) is 31.2 Å². The van der Waals surface area contributed by atoms with Crippen molar-refractivity contribution in [2.24, 2.45) is 0 Å². The maximum absolute atomic E-state index is 0. The van der Waals surface area contributed by atoms with E-state index in [0.29, 0.717) is 0 Å². The molecule has 0 amide bonds. The Kier molecular flexibility index (Phi) is 42600. The van der Waals surface area contributed by atoms with E-state index < -0.39 is 0 Å². The first kappa shape index (κ1) is 681. The predicted octanol–water partition coefficient (Wildman–Crippen LogP) is -3.48. The summed E-state index contributed by atoms with van der Waals surface area (Å²) in [7, 11) is 0. The molecule has 0 aliphatic heterocycles. The van der Waals surface area contributed by atoms with Gasteiger partial charge in [0.05, 0.1) is 0 Å². The summed E-state index contributed by atoms with van der Waals surface area (Å²) < 4.78 is 0. The topological polar surface area (TPSA) is 63.0 Å². The molecule has 0 radical (unpaired) electrons. The fourth-order valence-corrected chi connectivity index (χ4v) is 0. The summed E-state index contributed by atoms with van der Waals surface area (Å²) in [6.07, 6.45) is 0. The van der Waals surface area contributed by atoms with Crippen LogP contribution >= 0.6 is 0 Å². The SMILES string of the molecule is O.O.[BeH2].[BeH2]. The average molecular weight is 58.1 g/mol. The third-order valence-corrected chi connectivity index (χ3v) is 0. The monoisotopic (exact) mass is 58.1 g/mol.